The van der Waals surface area contributed by atoms with Gasteiger partial charge in [-0.2, -0.15) is 0 Å². The molecule has 110 valence electrons. The van der Waals surface area contributed by atoms with Crippen LogP contribution in [0.5, 0.6) is 0 Å². The average molecular weight is 274 g/mol. The number of unbranched alkanes of at least 4 members (excludes halogenated alkanes) is 3. The molecule has 0 amide bonds. The van der Waals surface area contributed by atoms with Gasteiger partial charge in [-0.05, 0) is 65.6 Å². The molecule has 0 aromatic carbocycles. The van der Waals surface area contributed by atoms with Gasteiger partial charge in [0.25, 0.3) is 0 Å². The maximum atomic E-state index is 5.60. The van der Waals surface area contributed by atoms with Gasteiger partial charge in [0, 0.05) is 5.60 Å². The zero-order chi connectivity index (χ0) is 13.9. The highest BCUT2D eigenvalue weighted by Gasteiger charge is 2.14. The maximum absolute atomic E-state index is 5.60. The lowest BCUT2D eigenvalue weighted by Gasteiger charge is -2.25. The van der Waals surface area contributed by atoms with Gasteiger partial charge in [-0.15, -0.1) is 0 Å². The molecule has 0 heterocycles. The van der Waals surface area contributed by atoms with Crippen molar-refractivity contribution in [2.75, 3.05) is 19.6 Å². The second kappa shape index (κ2) is 11.0. The van der Waals surface area contributed by atoms with Crippen molar-refractivity contribution in [3.63, 3.8) is 0 Å². The van der Waals surface area contributed by atoms with Gasteiger partial charge in [0.1, 0.15) is 10.5 Å². The van der Waals surface area contributed by atoms with E-state index in [0.29, 0.717) is 0 Å². The standard InChI is InChI=1S/C15H35NOSi/c1-5-7-12-16(13-8-6-2)14-10-9-11-15(3,4)17-18/h5-14H2,1-4,18H3. The van der Waals surface area contributed by atoms with Crippen molar-refractivity contribution >= 4 is 10.5 Å². The lowest BCUT2D eigenvalue weighted by Crippen LogP contribution is -2.28. The number of rotatable bonds is 12. The third kappa shape index (κ3) is 10.1. The summed E-state index contributed by atoms with van der Waals surface area (Å²) in [6.07, 6.45) is 9.13. The molecule has 0 bridgehead atoms. The summed E-state index contributed by atoms with van der Waals surface area (Å²) in [6, 6.07) is 0. The summed E-state index contributed by atoms with van der Waals surface area (Å²) >= 11 is 0. The topological polar surface area (TPSA) is 12.5 Å². The molecular weight excluding hydrogens is 238 g/mol. The minimum absolute atomic E-state index is 0.115. The predicted octanol–water partition coefficient (Wildman–Crippen LogP) is 3.13. The molecular formula is C15H35NOSi. The largest absolute Gasteiger partial charge is 0.423 e. The summed E-state index contributed by atoms with van der Waals surface area (Å²) in [5.74, 6) is 0. The Morgan fingerprint density at radius 1 is 0.889 bits per heavy atom. The SMILES string of the molecule is CCCCN(CCCC)CCCCC(C)(C)O[SiH3]. The molecule has 2 nitrogen and oxygen atoms in total. The fourth-order valence-electron chi connectivity index (χ4n) is 2.09. The van der Waals surface area contributed by atoms with Gasteiger partial charge in [0.15, 0.2) is 0 Å². The lowest BCUT2D eigenvalue weighted by atomic mass is 10.0. The number of nitrogens with zero attached hydrogens (tertiary/aromatic N) is 1. The first-order chi connectivity index (χ1) is 8.55. The third-order valence-corrected chi connectivity index (χ3v) is 4.82. The minimum Gasteiger partial charge on any atom is -0.423 e. The van der Waals surface area contributed by atoms with Gasteiger partial charge in [-0.3, -0.25) is 0 Å². The van der Waals surface area contributed by atoms with Gasteiger partial charge in [0.2, 0.25) is 0 Å². The van der Waals surface area contributed by atoms with Crippen molar-refractivity contribution in [3.8, 4) is 0 Å². The Morgan fingerprint density at radius 3 is 1.83 bits per heavy atom. The van der Waals surface area contributed by atoms with Gasteiger partial charge < -0.3 is 9.33 Å². The highest BCUT2D eigenvalue weighted by atomic mass is 28.2. The molecule has 0 spiro atoms. The molecule has 0 rings (SSSR count). The molecule has 0 aliphatic carbocycles. The van der Waals surface area contributed by atoms with Crippen LogP contribution in [-0.4, -0.2) is 40.6 Å². The van der Waals surface area contributed by atoms with Crippen LogP contribution in [0.4, 0.5) is 0 Å². The van der Waals surface area contributed by atoms with E-state index in [9.17, 15) is 0 Å². The Morgan fingerprint density at radius 2 is 1.39 bits per heavy atom. The van der Waals surface area contributed by atoms with Gasteiger partial charge in [-0.1, -0.05) is 26.7 Å². The van der Waals surface area contributed by atoms with Crippen LogP contribution in [0, 0.1) is 0 Å². The molecule has 0 aliphatic heterocycles. The molecule has 0 aliphatic rings. The Balaban J connectivity index is 3.73. The number of hydrogen-bond donors (Lipinski definition) is 0. The van der Waals surface area contributed by atoms with Crippen LogP contribution in [0.1, 0.15) is 72.6 Å². The quantitative estimate of drug-likeness (QED) is 0.400. The monoisotopic (exact) mass is 273 g/mol. The Bertz CT molecular complexity index is 177. The smallest absolute Gasteiger partial charge is 0.146 e. The van der Waals surface area contributed by atoms with Crippen LogP contribution in [0.2, 0.25) is 0 Å². The van der Waals surface area contributed by atoms with Gasteiger partial charge in [0.05, 0.1) is 0 Å². The molecule has 0 aromatic rings. The third-order valence-electron chi connectivity index (χ3n) is 3.71. The van der Waals surface area contributed by atoms with Crippen molar-refractivity contribution in [3.05, 3.63) is 0 Å². The predicted molar refractivity (Wildman–Crippen MR) is 85.2 cm³/mol. The Hall–Kier alpha value is 0.137. The van der Waals surface area contributed by atoms with E-state index in [4.69, 9.17) is 4.43 Å². The minimum atomic E-state index is 0.115. The first kappa shape index (κ1) is 18.1. The van der Waals surface area contributed by atoms with E-state index in [1.165, 1.54) is 64.6 Å². The summed E-state index contributed by atoms with van der Waals surface area (Å²) in [4.78, 5) is 2.65. The molecule has 0 radical (unpaired) electrons. The second-order valence-corrected chi connectivity index (χ2v) is 6.38. The summed E-state index contributed by atoms with van der Waals surface area (Å²) in [5, 5.41) is 0. The zero-order valence-electron chi connectivity index (χ0n) is 13.4. The zero-order valence-corrected chi connectivity index (χ0v) is 15.4. The average Bonchev–Trinajstić information content (AvgIpc) is 2.36. The van der Waals surface area contributed by atoms with Crippen molar-refractivity contribution in [2.24, 2.45) is 0 Å². The second-order valence-electron chi connectivity index (χ2n) is 5.97. The summed E-state index contributed by atoms with van der Waals surface area (Å²) in [5.41, 5.74) is 0.115. The molecule has 0 fully saturated rings. The number of hydrogen-bond acceptors (Lipinski definition) is 2. The highest BCUT2D eigenvalue weighted by molar-refractivity contribution is 5.98. The van der Waals surface area contributed by atoms with E-state index in [0.717, 1.165) is 10.5 Å². The van der Waals surface area contributed by atoms with Crippen LogP contribution in [0.15, 0.2) is 0 Å². The molecule has 0 atom stereocenters. The lowest BCUT2D eigenvalue weighted by molar-refractivity contribution is 0.107. The molecule has 0 unspecified atom stereocenters. The van der Waals surface area contributed by atoms with Crippen LogP contribution in [-0.2, 0) is 4.43 Å². The van der Waals surface area contributed by atoms with Crippen LogP contribution < -0.4 is 0 Å². The molecule has 0 saturated carbocycles. The molecule has 0 saturated heterocycles. The van der Waals surface area contributed by atoms with E-state index in [1.807, 2.05) is 0 Å². The van der Waals surface area contributed by atoms with E-state index in [-0.39, 0.29) is 5.60 Å². The van der Waals surface area contributed by atoms with Gasteiger partial charge >= 0.3 is 0 Å². The van der Waals surface area contributed by atoms with Crippen molar-refractivity contribution in [2.45, 2.75) is 78.2 Å². The molecule has 0 N–H and O–H groups in total. The van der Waals surface area contributed by atoms with Crippen molar-refractivity contribution < 1.29 is 4.43 Å². The van der Waals surface area contributed by atoms with E-state index >= 15 is 0 Å². The molecule has 18 heavy (non-hydrogen) atoms. The summed E-state index contributed by atoms with van der Waals surface area (Å²) in [6.45, 7) is 12.8. The maximum Gasteiger partial charge on any atom is 0.146 e. The fourth-order valence-corrected chi connectivity index (χ4v) is 2.29. The van der Waals surface area contributed by atoms with Gasteiger partial charge in [-0.25, -0.2) is 0 Å². The summed E-state index contributed by atoms with van der Waals surface area (Å²) < 4.78 is 5.60. The first-order valence-electron chi connectivity index (χ1n) is 7.83. The molecule has 3 heteroatoms. The van der Waals surface area contributed by atoms with Crippen molar-refractivity contribution in [1.82, 2.24) is 4.90 Å². The molecule has 0 aromatic heterocycles. The van der Waals surface area contributed by atoms with Crippen LogP contribution in [0.3, 0.4) is 0 Å². The highest BCUT2D eigenvalue weighted by Crippen LogP contribution is 2.16. The Kier molecular flexibility index (Phi) is 11.1. The van der Waals surface area contributed by atoms with Crippen LogP contribution in [0.25, 0.3) is 0 Å². The van der Waals surface area contributed by atoms with E-state index in [1.54, 1.807) is 0 Å². The first-order valence-corrected chi connectivity index (χ1v) is 8.65. The fraction of sp³-hybridized carbons (Fsp3) is 1.00. The summed E-state index contributed by atoms with van der Waals surface area (Å²) in [7, 11) is 0.855. The van der Waals surface area contributed by atoms with E-state index < -0.39 is 0 Å². The normalized spacial score (nSPS) is 12.5. The Labute approximate surface area is 118 Å². The van der Waals surface area contributed by atoms with E-state index in [2.05, 4.69) is 32.6 Å². The van der Waals surface area contributed by atoms with Crippen LogP contribution >= 0.6 is 0 Å². The van der Waals surface area contributed by atoms with Crippen molar-refractivity contribution in [1.29, 1.82) is 0 Å².